The van der Waals surface area contributed by atoms with Crippen LogP contribution >= 0.6 is 11.8 Å². The van der Waals surface area contributed by atoms with Crippen LogP contribution in [0.15, 0.2) is 29.2 Å². The van der Waals surface area contributed by atoms with Crippen LogP contribution in [-0.2, 0) is 0 Å². The Balaban J connectivity index is 2.62. The number of benzene rings is 1. The van der Waals surface area contributed by atoms with Crippen molar-refractivity contribution < 1.29 is 5.11 Å². The molecular formula is C13H21NOS. The third kappa shape index (κ3) is 4.16. The van der Waals surface area contributed by atoms with E-state index in [0.717, 1.165) is 18.6 Å². The van der Waals surface area contributed by atoms with Gasteiger partial charge in [0, 0.05) is 17.5 Å². The molecule has 90 valence electrons. The Labute approximate surface area is 102 Å². The second-order valence-electron chi connectivity index (χ2n) is 3.71. The van der Waals surface area contributed by atoms with Crippen molar-refractivity contribution in [1.82, 2.24) is 5.32 Å². The molecule has 1 aromatic carbocycles. The van der Waals surface area contributed by atoms with E-state index in [4.69, 9.17) is 5.11 Å². The van der Waals surface area contributed by atoms with Crippen molar-refractivity contribution >= 4 is 11.8 Å². The highest BCUT2D eigenvalue weighted by atomic mass is 32.2. The predicted molar refractivity (Wildman–Crippen MR) is 71.0 cm³/mol. The van der Waals surface area contributed by atoms with Crippen LogP contribution in [0, 0.1) is 0 Å². The average Bonchev–Trinajstić information content (AvgIpc) is 2.32. The van der Waals surface area contributed by atoms with Crippen LogP contribution in [0.3, 0.4) is 0 Å². The SMILES string of the molecule is CCSc1ccc(C(CCCO)NC)cc1. The van der Waals surface area contributed by atoms with Crippen LogP contribution in [0.25, 0.3) is 0 Å². The quantitative estimate of drug-likeness (QED) is 0.718. The number of hydrogen-bond acceptors (Lipinski definition) is 3. The summed E-state index contributed by atoms with van der Waals surface area (Å²) in [4.78, 5) is 1.32. The molecule has 0 saturated heterocycles. The Morgan fingerprint density at radius 1 is 1.31 bits per heavy atom. The summed E-state index contributed by atoms with van der Waals surface area (Å²) >= 11 is 1.86. The number of thioether (sulfide) groups is 1. The van der Waals surface area contributed by atoms with Gasteiger partial charge in [0.2, 0.25) is 0 Å². The Bertz CT molecular complexity index is 286. The molecule has 1 rings (SSSR count). The van der Waals surface area contributed by atoms with E-state index >= 15 is 0 Å². The van der Waals surface area contributed by atoms with Gasteiger partial charge in [0.05, 0.1) is 0 Å². The van der Waals surface area contributed by atoms with Gasteiger partial charge in [-0.15, -0.1) is 11.8 Å². The number of hydrogen-bond donors (Lipinski definition) is 2. The van der Waals surface area contributed by atoms with E-state index < -0.39 is 0 Å². The maximum atomic E-state index is 8.84. The molecule has 1 aromatic rings. The number of aliphatic hydroxyl groups excluding tert-OH is 1. The predicted octanol–water partition coefficient (Wildman–Crippen LogP) is 2.83. The molecule has 0 heterocycles. The van der Waals surface area contributed by atoms with Crippen LogP contribution in [0.5, 0.6) is 0 Å². The lowest BCUT2D eigenvalue weighted by atomic mass is 10.0. The van der Waals surface area contributed by atoms with Crippen LogP contribution in [-0.4, -0.2) is 24.5 Å². The van der Waals surface area contributed by atoms with Crippen molar-refractivity contribution in [3.05, 3.63) is 29.8 Å². The van der Waals surface area contributed by atoms with E-state index in [1.807, 2.05) is 18.8 Å². The smallest absolute Gasteiger partial charge is 0.0431 e. The van der Waals surface area contributed by atoms with E-state index in [9.17, 15) is 0 Å². The normalized spacial score (nSPS) is 12.7. The van der Waals surface area contributed by atoms with Gasteiger partial charge in [-0.25, -0.2) is 0 Å². The minimum atomic E-state index is 0.266. The number of nitrogens with one attached hydrogen (secondary N) is 1. The molecule has 0 fully saturated rings. The van der Waals surface area contributed by atoms with E-state index in [1.165, 1.54) is 10.5 Å². The lowest BCUT2D eigenvalue weighted by Gasteiger charge is -2.16. The van der Waals surface area contributed by atoms with E-state index in [1.54, 1.807) is 0 Å². The minimum absolute atomic E-state index is 0.266. The summed E-state index contributed by atoms with van der Waals surface area (Å²) in [5, 5.41) is 12.1. The van der Waals surface area contributed by atoms with Crippen molar-refractivity contribution in [2.45, 2.75) is 30.7 Å². The van der Waals surface area contributed by atoms with Gasteiger partial charge in [0.25, 0.3) is 0 Å². The fourth-order valence-corrected chi connectivity index (χ4v) is 2.40. The zero-order valence-corrected chi connectivity index (χ0v) is 10.9. The number of rotatable bonds is 7. The Kier molecular flexibility index (Phi) is 6.53. The summed E-state index contributed by atoms with van der Waals surface area (Å²) in [5.74, 6) is 1.11. The van der Waals surface area contributed by atoms with Gasteiger partial charge < -0.3 is 10.4 Å². The molecule has 0 bridgehead atoms. The van der Waals surface area contributed by atoms with Gasteiger partial charge in [0.15, 0.2) is 0 Å². The van der Waals surface area contributed by atoms with Gasteiger partial charge >= 0.3 is 0 Å². The summed E-state index contributed by atoms with van der Waals surface area (Å²) in [6.45, 7) is 2.43. The molecule has 3 heteroatoms. The molecule has 0 aliphatic carbocycles. The minimum Gasteiger partial charge on any atom is -0.396 e. The van der Waals surface area contributed by atoms with Crippen LogP contribution in [0.2, 0.25) is 0 Å². The van der Waals surface area contributed by atoms with E-state index in [2.05, 4.69) is 36.5 Å². The van der Waals surface area contributed by atoms with E-state index in [0.29, 0.717) is 6.04 Å². The first-order chi connectivity index (χ1) is 7.81. The molecule has 0 aliphatic heterocycles. The highest BCUT2D eigenvalue weighted by Crippen LogP contribution is 2.22. The molecule has 0 radical (unpaired) electrons. The lowest BCUT2D eigenvalue weighted by Crippen LogP contribution is -2.16. The maximum absolute atomic E-state index is 8.84. The summed E-state index contributed by atoms with van der Waals surface area (Å²) < 4.78 is 0. The Hall–Kier alpha value is -0.510. The molecule has 2 nitrogen and oxygen atoms in total. The van der Waals surface area contributed by atoms with Gasteiger partial charge in [-0.1, -0.05) is 19.1 Å². The monoisotopic (exact) mass is 239 g/mol. The zero-order valence-electron chi connectivity index (χ0n) is 10.1. The van der Waals surface area contributed by atoms with E-state index in [-0.39, 0.29) is 6.61 Å². The molecular weight excluding hydrogens is 218 g/mol. The highest BCUT2D eigenvalue weighted by Gasteiger charge is 2.08. The summed E-state index contributed by atoms with van der Waals surface area (Å²) in [5.41, 5.74) is 1.30. The molecule has 0 amide bonds. The van der Waals surface area contributed by atoms with Gasteiger partial charge in [0.1, 0.15) is 0 Å². The second-order valence-corrected chi connectivity index (χ2v) is 5.05. The van der Waals surface area contributed by atoms with Gasteiger partial charge in [-0.2, -0.15) is 0 Å². The Morgan fingerprint density at radius 2 is 2.00 bits per heavy atom. The first kappa shape index (κ1) is 13.6. The molecule has 0 spiro atoms. The fraction of sp³-hybridized carbons (Fsp3) is 0.538. The van der Waals surface area contributed by atoms with Crippen molar-refractivity contribution in [3.63, 3.8) is 0 Å². The molecule has 16 heavy (non-hydrogen) atoms. The topological polar surface area (TPSA) is 32.3 Å². The summed E-state index contributed by atoms with van der Waals surface area (Å²) in [7, 11) is 1.97. The van der Waals surface area contributed by atoms with Crippen molar-refractivity contribution in [2.75, 3.05) is 19.4 Å². The third-order valence-electron chi connectivity index (χ3n) is 2.59. The molecule has 1 atom stereocenters. The van der Waals surface area contributed by atoms with Crippen LogP contribution in [0.4, 0.5) is 0 Å². The molecule has 0 saturated carbocycles. The second kappa shape index (κ2) is 7.71. The third-order valence-corrected chi connectivity index (χ3v) is 3.49. The molecule has 0 aromatic heterocycles. The fourth-order valence-electron chi connectivity index (χ4n) is 1.74. The number of aliphatic hydroxyl groups is 1. The summed E-state index contributed by atoms with van der Waals surface area (Å²) in [6.07, 6.45) is 1.82. The Morgan fingerprint density at radius 3 is 2.50 bits per heavy atom. The highest BCUT2D eigenvalue weighted by molar-refractivity contribution is 7.99. The first-order valence-corrected chi connectivity index (χ1v) is 6.81. The standard InChI is InChI=1S/C13H21NOS/c1-3-16-12-8-6-11(7-9-12)13(14-2)5-4-10-15/h6-9,13-15H,3-5,10H2,1-2H3. The van der Waals surface area contributed by atoms with Crippen molar-refractivity contribution in [1.29, 1.82) is 0 Å². The van der Waals surface area contributed by atoms with Gasteiger partial charge in [-0.05, 0) is 43.3 Å². The largest absolute Gasteiger partial charge is 0.396 e. The average molecular weight is 239 g/mol. The lowest BCUT2D eigenvalue weighted by molar-refractivity contribution is 0.276. The van der Waals surface area contributed by atoms with Crippen LogP contribution in [0.1, 0.15) is 31.4 Å². The van der Waals surface area contributed by atoms with Crippen LogP contribution < -0.4 is 5.32 Å². The zero-order chi connectivity index (χ0) is 11.8. The molecule has 2 N–H and O–H groups in total. The first-order valence-electron chi connectivity index (χ1n) is 5.82. The molecule has 0 aliphatic rings. The van der Waals surface area contributed by atoms with Crippen molar-refractivity contribution in [2.24, 2.45) is 0 Å². The summed E-state index contributed by atoms with van der Waals surface area (Å²) in [6, 6.07) is 9.06. The van der Waals surface area contributed by atoms with Gasteiger partial charge in [-0.3, -0.25) is 0 Å². The molecule has 1 unspecified atom stereocenters. The van der Waals surface area contributed by atoms with Crippen molar-refractivity contribution in [3.8, 4) is 0 Å². The maximum Gasteiger partial charge on any atom is 0.0431 e.